The molecule has 3 aliphatic rings. The first-order chi connectivity index (χ1) is 15.1. The quantitative estimate of drug-likeness (QED) is 0.690. The van der Waals surface area contributed by atoms with E-state index in [1.807, 2.05) is 12.1 Å². The molecule has 1 saturated carbocycles. The second-order valence-electron chi connectivity index (χ2n) is 9.16. The molecule has 1 atom stereocenters. The van der Waals surface area contributed by atoms with Gasteiger partial charge in [0.05, 0.1) is 33.7 Å². The summed E-state index contributed by atoms with van der Waals surface area (Å²) in [6, 6.07) is 4.14. The van der Waals surface area contributed by atoms with Crippen LogP contribution in [0.3, 0.4) is 0 Å². The number of imidazole rings is 1. The SMILES string of the molecule is O=C(NC1CCCC1)C1CCN(c2nc3cc(Cl)c(Cl)cc3n2CC2CCCO2)CC1. The van der Waals surface area contributed by atoms with Crippen LogP contribution in [0.15, 0.2) is 12.1 Å². The molecule has 1 unspecified atom stereocenters. The van der Waals surface area contributed by atoms with Gasteiger partial charge >= 0.3 is 0 Å². The van der Waals surface area contributed by atoms with Gasteiger partial charge in [0, 0.05) is 31.7 Å². The third kappa shape index (κ3) is 4.53. The second-order valence-corrected chi connectivity index (χ2v) is 9.98. The van der Waals surface area contributed by atoms with Gasteiger partial charge in [-0.2, -0.15) is 0 Å². The van der Waals surface area contributed by atoms with Crippen LogP contribution < -0.4 is 10.2 Å². The summed E-state index contributed by atoms with van der Waals surface area (Å²) in [5.74, 6) is 1.26. The molecule has 1 aromatic carbocycles. The molecule has 0 radical (unpaired) electrons. The summed E-state index contributed by atoms with van der Waals surface area (Å²) < 4.78 is 8.13. The highest BCUT2D eigenvalue weighted by Crippen LogP contribution is 2.33. The Morgan fingerprint density at radius 3 is 2.52 bits per heavy atom. The summed E-state index contributed by atoms with van der Waals surface area (Å²) in [5, 5.41) is 4.33. The zero-order valence-corrected chi connectivity index (χ0v) is 19.3. The van der Waals surface area contributed by atoms with Crippen molar-refractivity contribution in [2.24, 2.45) is 5.92 Å². The van der Waals surface area contributed by atoms with Gasteiger partial charge in [-0.05, 0) is 50.7 Å². The molecule has 2 aliphatic heterocycles. The molecule has 0 bridgehead atoms. The normalized spacial score (nSPS) is 23.2. The number of nitrogens with one attached hydrogen (secondary N) is 1. The number of ether oxygens (including phenoxy) is 1. The number of anilines is 1. The highest BCUT2D eigenvalue weighted by Gasteiger charge is 2.30. The van der Waals surface area contributed by atoms with Crippen molar-refractivity contribution >= 4 is 46.1 Å². The lowest BCUT2D eigenvalue weighted by molar-refractivity contribution is -0.126. The van der Waals surface area contributed by atoms with Crippen molar-refractivity contribution in [1.29, 1.82) is 0 Å². The number of carbonyl (C=O) groups is 1. The smallest absolute Gasteiger partial charge is 0.223 e. The lowest BCUT2D eigenvalue weighted by Crippen LogP contribution is -2.44. The van der Waals surface area contributed by atoms with Gasteiger partial charge in [0.2, 0.25) is 11.9 Å². The molecule has 168 valence electrons. The fourth-order valence-corrected chi connectivity index (χ4v) is 5.57. The van der Waals surface area contributed by atoms with E-state index in [4.69, 9.17) is 32.9 Å². The van der Waals surface area contributed by atoms with Crippen LogP contribution in [0.25, 0.3) is 11.0 Å². The maximum atomic E-state index is 12.7. The minimum Gasteiger partial charge on any atom is -0.376 e. The van der Waals surface area contributed by atoms with Crippen molar-refractivity contribution in [1.82, 2.24) is 14.9 Å². The van der Waals surface area contributed by atoms with Crippen LogP contribution in [0.2, 0.25) is 10.0 Å². The van der Waals surface area contributed by atoms with Crippen molar-refractivity contribution in [2.45, 2.75) is 70.1 Å². The number of hydrogen-bond acceptors (Lipinski definition) is 4. The maximum absolute atomic E-state index is 12.7. The van der Waals surface area contributed by atoms with Crippen molar-refractivity contribution in [3.63, 3.8) is 0 Å². The number of rotatable bonds is 5. The lowest BCUT2D eigenvalue weighted by atomic mass is 9.95. The molecule has 0 spiro atoms. The van der Waals surface area contributed by atoms with Gasteiger partial charge < -0.3 is 19.5 Å². The monoisotopic (exact) mass is 464 g/mol. The molecule has 1 amide bonds. The van der Waals surface area contributed by atoms with E-state index in [-0.39, 0.29) is 17.9 Å². The number of carbonyl (C=O) groups excluding carboxylic acids is 1. The number of amides is 1. The summed E-state index contributed by atoms with van der Waals surface area (Å²) in [6.45, 7) is 3.21. The number of nitrogens with zero attached hydrogens (tertiary/aromatic N) is 3. The van der Waals surface area contributed by atoms with Gasteiger partial charge in [0.25, 0.3) is 0 Å². The number of aromatic nitrogens is 2. The second kappa shape index (κ2) is 9.16. The third-order valence-electron chi connectivity index (χ3n) is 7.03. The molecule has 1 aliphatic carbocycles. The Morgan fingerprint density at radius 1 is 1.06 bits per heavy atom. The first-order valence-electron chi connectivity index (χ1n) is 11.6. The van der Waals surface area contributed by atoms with E-state index in [0.717, 1.165) is 81.7 Å². The van der Waals surface area contributed by atoms with E-state index in [1.165, 1.54) is 12.8 Å². The molecular formula is C23H30Cl2N4O2. The number of hydrogen-bond donors (Lipinski definition) is 1. The molecule has 6 nitrogen and oxygen atoms in total. The van der Waals surface area contributed by atoms with Crippen molar-refractivity contribution in [3.05, 3.63) is 22.2 Å². The highest BCUT2D eigenvalue weighted by molar-refractivity contribution is 6.42. The third-order valence-corrected chi connectivity index (χ3v) is 7.75. The Bertz CT molecular complexity index is 943. The van der Waals surface area contributed by atoms with Gasteiger partial charge in [-0.1, -0.05) is 36.0 Å². The molecule has 1 aromatic heterocycles. The topological polar surface area (TPSA) is 59.4 Å². The molecule has 31 heavy (non-hydrogen) atoms. The average molecular weight is 465 g/mol. The largest absolute Gasteiger partial charge is 0.376 e. The van der Waals surface area contributed by atoms with Gasteiger partial charge in [-0.25, -0.2) is 4.98 Å². The van der Waals surface area contributed by atoms with Gasteiger partial charge in [-0.3, -0.25) is 4.79 Å². The van der Waals surface area contributed by atoms with E-state index >= 15 is 0 Å². The predicted molar refractivity (Wildman–Crippen MR) is 124 cm³/mol. The van der Waals surface area contributed by atoms with Gasteiger partial charge in [0.15, 0.2) is 0 Å². The number of benzene rings is 1. The minimum atomic E-state index is 0.0942. The van der Waals surface area contributed by atoms with E-state index in [0.29, 0.717) is 16.1 Å². The van der Waals surface area contributed by atoms with Crippen molar-refractivity contribution in [2.75, 3.05) is 24.6 Å². The number of piperidine rings is 1. The summed E-state index contributed by atoms with van der Waals surface area (Å²) in [5.41, 5.74) is 1.84. The number of fused-ring (bicyclic) bond motifs is 1. The standard InChI is InChI=1S/C23H30Cl2N4O2/c24-18-12-20-21(13-19(18)25)29(14-17-6-3-11-31-17)23(27-20)28-9-7-15(8-10-28)22(30)26-16-4-1-2-5-16/h12-13,15-17H,1-11,14H2,(H,26,30). The molecule has 2 aromatic rings. The van der Waals surface area contributed by atoms with E-state index < -0.39 is 0 Å². The van der Waals surface area contributed by atoms with Crippen LogP contribution in [-0.4, -0.2) is 47.3 Å². The van der Waals surface area contributed by atoms with E-state index in [9.17, 15) is 4.79 Å². The summed E-state index contributed by atoms with van der Waals surface area (Å²) in [7, 11) is 0. The van der Waals surface area contributed by atoms with Crippen LogP contribution in [0.1, 0.15) is 51.4 Å². The van der Waals surface area contributed by atoms with Crippen LogP contribution in [0.4, 0.5) is 5.95 Å². The molecule has 2 saturated heterocycles. The Labute approximate surface area is 193 Å². The zero-order valence-electron chi connectivity index (χ0n) is 17.8. The maximum Gasteiger partial charge on any atom is 0.223 e. The fraction of sp³-hybridized carbons (Fsp3) is 0.652. The first-order valence-corrected chi connectivity index (χ1v) is 12.4. The van der Waals surface area contributed by atoms with Crippen LogP contribution >= 0.6 is 23.2 Å². The highest BCUT2D eigenvalue weighted by atomic mass is 35.5. The minimum absolute atomic E-state index is 0.0942. The summed E-state index contributed by atoms with van der Waals surface area (Å²) in [6.07, 6.45) is 8.78. The molecule has 1 N–H and O–H groups in total. The number of halogens is 2. The predicted octanol–water partition coefficient (Wildman–Crippen LogP) is 4.80. The Kier molecular flexibility index (Phi) is 6.31. The lowest BCUT2D eigenvalue weighted by Gasteiger charge is -2.33. The Hall–Kier alpha value is -1.50. The Morgan fingerprint density at radius 2 is 1.81 bits per heavy atom. The average Bonchev–Trinajstić information content (AvgIpc) is 3.52. The molecule has 3 heterocycles. The van der Waals surface area contributed by atoms with E-state index in [2.05, 4.69) is 14.8 Å². The Balaban J connectivity index is 1.33. The van der Waals surface area contributed by atoms with Crippen molar-refractivity contribution < 1.29 is 9.53 Å². The van der Waals surface area contributed by atoms with Crippen LogP contribution in [0.5, 0.6) is 0 Å². The van der Waals surface area contributed by atoms with E-state index in [1.54, 1.807) is 0 Å². The molecule has 3 fully saturated rings. The molecular weight excluding hydrogens is 435 g/mol. The summed E-state index contributed by atoms with van der Waals surface area (Å²) >= 11 is 12.6. The first kappa shape index (κ1) is 21.4. The summed E-state index contributed by atoms with van der Waals surface area (Å²) in [4.78, 5) is 19.9. The van der Waals surface area contributed by atoms with Gasteiger partial charge in [0.1, 0.15) is 0 Å². The van der Waals surface area contributed by atoms with Crippen LogP contribution in [-0.2, 0) is 16.1 Å². The molecule has 5 rings (SSSR count). The van der Waals surface area contributed by atoms with Crippen LogP contribution in [0, 0.1) is 5.92 Å². The van der Waals surface area contributed by atoms with Gasteiger partial charge in [-0.15, -0.1) is 0 Å². The molecule has 8 heteroatoms. The fourth-order valence-electron chi connectivity index (χ4n) is 5.25. The zero-order chi connectivity index (χ0) is 21.4. The van der Waals surface area contributed by atoms with Crippen molar-refractivity contribution in [3.8, 4) is 0 Å².